The molecule has 0 radical (unpaired) electrons. The van der Waals surface area contributed by atoms with E-state index in [2.05, 4.69) is 15.3 Å². The first kappa shape index (κ1) is 13.4. The molecule has 0 aliphatic rings. The molecule has 0 amide bonds. The summed E-state index contributed by atoms with van der Waals surface area (Å²) in [4.78, 5) is 8.13. The van der Waals surface area contributed by atoms with Crippen LogP contribution in [0.4, 0.5) is 4.39 Å². The molecule has 0 bridgehead atoms. The van der Waals surface area contributed by atoms with E-state index in [9.17, 15) is 4.39 Å². The summed E-state index contributed by atoms with van der Waals surface area (Å²) >= 11 is 0. The van der Waals surface area contributed by atoms with Crippen LogP contribution >= 0.6 is 0 Å². The SMILES string of the molecule is CNC(C)c1ccc(F)cc1OCc1ncccn1. The molecule has 2 aromatic rings. The number of hydrogen-bond donors (Lipinski definition) is 1. The van der Waals surface area contributed by atoms with Gasteiger partial charge < -0.3 is 10.1 Å². The van der Waals surface area contributed by atoms with Crippen LogP contribution in [0.1, 0.15) is 24.4 Å². The Bertz CT molecular complexity index is 533. The highest BCUT2D eigenvalue weighted by Gasteiger charge is 2.11. The van der Waals surface area contributed by atoms with Crippen LogP contribution in [0.5, 0.6) is 5.75 Å². The van der Waals surface area contributed by atoms with E-state index in [1.54, 1.807) is 24.5 Å². The molecular formula is C14H16FN3O. The first-order valence-electron chi connectivity index (χ1n) is 6.06. The average molecular weight is 261 g/mol. The molecule has 1 aromatic carbocycles. The molecule has 0 spiro atoms. The topological polar surface area (TPSA) is 47.0 Å². The Labute approximate surface area is 111 Å². The molecule has 0 aliphatic heterocycles. The van der Waals surface area contributed by atoms with Crippen LogP contribution in [0.3, 0.4) is 0 Å². The largest absolute Gasteiger partial charge is 0.485 e. The average Bonchev–Trinajstić information content (AvgIpc) is 2.45. The van der Waals surface area contributed by atoms with Crippen LogP contribution in [0.15, 0.2) is 36.7 Å². The highest BCUT2D eigenvalue weighted by atomic mass is 19.1. The van der Waals surface area contributed by atoms with Crippen molar-refractivity contribution in [3.8, 4) is 5.75 Å². The lowest BCUT2D eigenvalue weighted by atomic mass is 10.1. The quantitative estimate of drug-likeness (QED) is 0.898. The van der Waals surface area contributed by atoms with Gasteiger partial charge in [-0.3, -0.25) is 0 Å². The molecule has 1 heterocycles. The molecule has 1 unspecified atom stereocenters. The van der Waals surface area contributed by atoms with Crippen LogP contribution in [0.2, 0.25) is 0 Å². The first-order chi connectivity index (χ1) is 9.20. The molecule has 1 aromatic heterocycles. The Morgan fingerprint density at radius 2 is 2.05 bits per heavy atom. The molecule has 100 valence electrons. The van der Waals surface area contributed by atoms with E-state index >= 15 is 0 Å². The van der Waals surface area contributed by atoms with Crippen molar-refractivity contribution in [1.82, 2.24) is 15.3 Å². The number of rotatable bonds is 5. The number of nitrogens with one attached hydrogen (secondary N) is 1. The maximum Gasteiger partial charge on any atom is 0.166 e. The molecule has 1 N–H and O–H groups in total. The summed E-state index contributed by atoms with van der Waals surface area (Å²) in [6.45, 7) is 2.20. The van der Waals surface area contributed by atoms with Crippen molar-refractivity contribution in [2.75, 3.05) is 7.05 Å². The summed E-state index contributed by atoms with van der Waals surface area (Å²) in [6, 6.07) is 6.34. The third-order valence-electron chi connectivity index (χ3n) is 2.85. The highest BCUT2D eigenvalue weighted by molar-refractivity contribution is 5.36. The normalized spacial score (nSPS) is 12.2. The van der Waals surface area contributed by atoms with Gasteiger partial charge in [-0.05, 0) is 26.1 Å². The second kappa shape index (κ2) is 6.24. The van der Waals surface area contributed by atoms with E-state index in [0.29, 0.717) is 11.6 Å². The third-order valence-corrected chi connectivity index (χ3v) is 2.85. The zero-order valence-corrected chi connectivity index (χ0v) is 10.9. The Morgan fingerprint density at radius 3 is 2.74 bits per heavy atom. The van der Waals surface area contributed by atoms with Crippen molar-refractivity contribution in [2.24, 2.45) is 0 Å². The van der Waals surface area contributed by atoms with Crippen molar-refractivity contribution >= 4 is 0 Å². The van der Waals surface area contributed by atoms with E-state index in [1.807, 2.05) is 14.0 Å². The number of nitrogens with zero attached hydrogens (tertiary/aromatic N) is 2. The highest BCUT2D eigenvalue weighted by Crippen LogP contribution is 2.26. The van der Waals surface area contributed by atoms with Crippen molar-refractivity contribution in [3.63, 3.8) is 0 Å². The molecule has 4 nitrogen and oxygen atoms in total. The predicted octanol–water partition coefficient (Wildman–Crippen LogP) is 2.48. The minimum absolute atomic E-state index is 0.0762. The molecule has 2 rings (SSSR count). The van der Waals surface area contributed by atoms with E-state index < -0.39 is 0 Å². The van der Waals surface area contributed by atoms with Gasteiger partial charge >= 0.3 is 0 Å². The van der Waals surface area contributed by atoms with Gasteiger partial charge in [0.1, 0.15) is 18.2 Å². The van der Waals surface area contributed by atoms with E-state index in [0.717, 1.165) is 5.56 Å². The van der Waals surface area contributed by atoms with Gasteiger partial charge in [0.05, 0.1) is 0 Å². The lowest BCUT2D eigenvalue weighted by Crippen LogP contribution is -2.14. The number of benzene rings is 1. The van der Waals surface area contributed by atoms with Crippen molar-refractivity contribution < 1.29 is 9.13 Å². The zero-order chi connectivity index (χ0) is 13.7. The molecule has 0 saturated heterocycles. The first-order valence-corrected chi connectivity index (χ1v) is 6.06. The summed E-state index contributed by atoms with van der Waals surface area (Å²) in [7, 11) is 1.85. The molecule has 19 heavy (non-hydrogen) atoms. The number of hydrogen-bond acceptors (Lipinski definition) is 4. The fraction of sp³-hybridized carbons (Fsp3) is 0.286. The Morgan fingerprint density at radius 1 is 1.32 bits per heavy atom. The predicted molar refractivity (Wildman–Crippen MR) is 70.2 cm³/mol. The summed E-state index contributed by atoms with van der Waals surface area (Å²) in [6.07, 6.45) is 3.29. The fourth-order valence-corrected chi connectivity index (χ4v) is 1.69. The standard InChI is InChI=1S/C14H16FN3O/c1-10(16-2)12-5-4-11(15)8-13(12)19-9-14-17-6-3-7-18-14/h3-8,10,16H,9H2,1-2H3. The van der Waals surface area contributed by atoms with Gasteiger partial charge in [-0.15, -0.1) is 0 Å². The Balaban J connectivity index is 2.16. The summed E-state index contributed by atoms with van der Waals surface area (Å²) in [5.74, 6) is 0.750. The van der Waals surface area contributed by atoms with Gasteiger partial charge in [0.15, 0.2) is 5.82 Å². The van der Waals surface area contributed by atoms with Crippen LogP contribution in [-0.2, 0) is 6.61 Å². The van der Waals surface area contributed by atoms with Crippen LogP contribution in [0, 0.1) is 5.82 Å². The summed E-state index contributed by atoms with van der Waals surface area (Å²) in [5, 5.41) is 3.11. The summed E-state index contributed by atoms with van der Waals surface area (Å²) < 4.78 is 18.9. The van der Waals surface area contributed by atoms with Gasteiger partial charge in [0.25, 0.3) is 0 Å². The lowest BCUT2D eigenvalue weighted by molar-refractivity contribution is 0.288. The van der Waals surface area contributed by atoms with E-state index in [4.69, 9.17) is 4.74 Å². The van der Waals surface area contributed by atoms with Crippen molar-refractivity contribution in [3.05, 3.63) is 53.9 Å². The lowest BCUT2D eigenvalue weighted by Gasteiger charge is -2.16. The Kier molecular flexibility index (Phi) is 4.41. The molecular weight excluding hydrogens is 245 g/mol. The molecule has 1 atom stereocenters. The van der Waals surface area contributed by atoms with Crippen LogP contribution in [0.25, 0.3) is 0 Å². The van der Waals surface area contributed by atoms with E-state index in [-0.39, 0.29) is 18.5 Å². The van der Waals surface area contributed by atoms with Crippen molar-refractivity contribution in [1.29, 1.82) is 0 Å². The van der Waals surface area contributed by atoms with Crippen LogP contribution in [-0.4, -0.2) is 17.0 Å². The van der Waals surface area contributed by atoms with Gasteiger partial charge in [0.2, 0.25) is 0 Å². The molecule has 0 saturated carbocycles. The zero-order valence-electron chi connectivity index (χ0n) is 10.9. The monoisotopic (exact) mass is 261 g/mol. The second-order valence-corrected chi connectivity index (χ2v) is 4.15. The molecule has 0 fully saturated rings. The molecule has 5 heteroatoms. The number of ether oxygens (including phenoxy) is 1. The third kappa shape index (κ3) is 3.48. The number of aromatic nitrogens is 2. The van der Waals surface area contributed by atoms with E-state index in [1.165, 1.54) is 12.1 Å². The fourth-order valence-electron chi connectivity index (χ4n) is 1.69. The maximum atomic E-state index is 13.3. The van der Waals surface area contributed by atoms with Crippen molar-refractivity contribution in [2.45, 2.75) is 19.6 Å². The Hall–Kier alpha value is -2.01. The van der Waals surface area contributed by atoms with Gasteiger partial charge in [0, 0.05) is 30.1 Å². The second-order valence-electron chi connectivity index (χ2n) is 4.15. The maximum absolute atomic E-state index is 13.3. The molecule has 0 aliphatic carbocycles. The van der Waals surface area contributed by atoms with Gasteiger partial charge in [-0.1, -0.05) is 6.07 Å². The number of halogens is 1. The minimum Gasteiger partial charge on any atom is -0.485 e. The van der Waals surface area contributed by atoms with Gasteiger partial charge in [-0.2, -0.15) is 0 Å². The van der Waals surface area contributed by atoms with Gasteiger partial charge in [-0.25, -0.2) is 14.4 Å². The minimum atomic E-state index is -0.323. The smallest absolute Gasteiger partial charge is 0.166 e. The summed E-state index contributed by atoms with van der Waals surface area (Å²) in [5.41, 5.74) is 0.903. The van der Waals surface area contributed by atoms with Crippen LogP contribution < -0.4 is 10.1 Å².